The molecule has 0 aliphatic rings. The van der Waals surface area contributed by atoms with Crippen LogP contribution >= 0.6 is 0 Å². The minimum atomic E-state index is -2.05. The van der Waals surface area contributed by atoms with Gasteiger partial charge in [-0.3, -0.25) is 5.32 Å². The molecule has 4 radical (unpaired) electrons. The molecule has 5 nitrogen and oxygen atoms in total. The molecular formula is C11H14B2N2O3. The van der Waals surface area contributed by atoms with Crippen LogP contribution in [0.25, 0.3) is 0 Å². The lowest BCUT2D eigenvalue weighted by Gasteiger charge is -2.21. The zero-order valence-electron chi connectivity index (χ0n) is 10.6. The van der Waals surface area contributed by atoms with Crippen LogP contribution in [0.1, 0.15) is 26.5 Å². The standard InChI is InChI=1S/C11H14B2N2O3/c1-10(2,3)18-9(16)15-8-6-4-5-7(14-8)11(12,13)17/h4-6,17H,1-3H3,(H,14,15,16). The largest absolute Gasteiger partial charge is 0.444 e. The van der Waals surface area contributed by atoms with E-state index in [0.29, 0.717) is 0 Å². The predicted octanol–water partition coefficient (Wildman–Crippen LogP) is 0.868. The molecule has 1 aromatic heterocycles. The van der Waals surface area contributed by atoms with E-state index in [1.165, 1.54) is 12.1 Å². The Hall–Kier alpha value is -1.49. The fourth-order valence-corrected chi connectivity index (χ4v) is 1.14. The number of carbonyl (C=O) groups excluding carboxylic acids is 1. The van der Waals surface area contributed by atoms with E-state index < -0.39 is 17.1 Å². The van der Waals surface area contributed by atoms with E-state index in [2.05, 4.69) is 10.3 Å². The van der Waals surface area contributed by atoms with Crippen molar-refractivity contribution >= 4 is 27.6 Å². The zero-order chi connectivity index (χ0) is 14.0. The third-order valence-corrected chi connectivity index (χ3v) is 1.79. The highest BCUT2D eigenvalue weighted by Gasteiger charge is 2.19. The van der Waals surface area contributed by atoms with Crippen LogP contribution in [0.4, 0.5) is 10.6 Å². The summed E-state index contributed by atoms with van der Waals surface area (Å²) in [5.41, 5.74) is -0.569. The fourth-order valence-electron chi connectivity index (χ4n) is 1.14. The number of nitrogens with zero attached hydrogens (tertiary/aromatic N) is 1. The van der Waals surface area contributed by atoms with Crippen LogP contribution in [0.3, 0.4) is 0 Å². The molecule has 0 fully saturated rings. The van der Waals surface area contributed by atoms with Crippen molar-refractivity contribution in [3.63, 3.8) is 0 Å². The van der Waals surface area contributed by atoms with Crippen molar-refractivity contribution in [2.24, 2.45) is 0 Å². The minimum absolute atomic E-state index is 0.0380. The van der Waals surface area contributed by atoms with Gasteiger partial charge in [0, 0.05) is 5.40 Å². The topological polar surface area (TPSA) is 71.5 Å². The predicted molar refractivity (Wildman–Crippen MR) is 69.5 cm³/mol. The number of carbonyl (C=O) groups is 1. The summed E-state index contributed by atoms with van der Waals surface area (Å²) in [5.74, 6) is 0.191. The molecule has 7 heteroatoms. The lowest BCUT2D eigenvalue weighted by molar-refractivity contribution is 0.0635. The van der Waals surface area contributed by atoms with Gasteiger partial charge in [0.15, 0.2) is 0 Å². The summed E-state index contributed by atoms with van der Waals surface area (Å²) in [5, 5.41) is 9.75. The first kappa shape index (κ1) is 14.6. The van der Waals surface area contributed by atoms with Crippen LogP contribution in [0.5, 0.6) is 0 Å². The highest BCUT2D eigenvalue weighted by Crippen LogP contribution is 2.14. The number of anilines is 1. The van der Waals surface area contributed by atoms with Gasteiger partial charge in [0.2, 0.25) is 0 Å². The molecule has 0 aromatic carbocycles. The van der Waals surface area contributed by atoms with Gasteiger partial charge in [-0.15, -0.1) is 0 Å². The number of nitrogens with one attached hydrogen (secondary N) is 1. The maximum Gasteiger partial charge on any atom is 0.413 e. The molecule has 0 unspecified atom stereocenters. The first-order valence-corrected chi connectivity index (χ1v) is 5.35. The van der Waals surface area contributed by atoms with Gasteiger partial charge in [-0.25, -0.2) is 9.78 Å². The molecule has 0 bridgehead atoms. The van der Waals surface area contributed by atoms with Gasteiger partial charge in [-0.05, 0) is 32.9 Å². The monoisotopic (exact) mass is 244 g/mol. The van der Waals surface area contributed by atoms with Gasteiger partial charge >= 0.3 is 6.09 Å². The Morgan fingerprint density at radius 2 is 2.00 bits per heavy atom. The molecule has 0 atom stereocenters. The molecule has 0 saturated heterocycles. The molecule has 0 saturated carbocycles. The van der Waals surface area contributed by atoms with Crippen molar-refractivity contribution in [1.29, 1.82) is 0 Å². The first-order valence-electron chi connectivity index (χ1n) is 5.35. The number of pyridine rings is 1. The third kappa shape index (κ3) is 4.79. The molecule has 18 heavy (non-hydrogen) atoms. The highest BCUT2D eigenvalue weighted by molar-refractivity contribution is 6.38. The molecule has 0 aliphatic carbocycles. The van der Waals surface area contributed by atoms with E-state index in [1.807, 2.05) is 0 Å². The average molecular weight is 244 g/mol. The van der Waals surface area contributed by atoms with Crippen LogP contribution in [0.2, 0.25) is 0 Å². The van der Waals surface area contributed by atoms with Crippen molar-refractivity contribution in [3.8, 4) is 0 Å². The molecular weight excluding hydrogens is 230 g/mol. The number of hydrogen-bond donors (Lipinski definition) is 2. The van der Waals surface area contributed by atoms with E-state index >= 15 is 0 Å². The Balaban J connectivity index is 2.77. The van der Waals surface area contributed by atoms with Gasteiger partial charge in [0.1, 0.15) is 27.1 Å². The maximum absolute atomic E-state index is 11.5. The van der Waals surface area contributed by atoms with Crippen molar-refractivity contribution < 1.29 is 14.6 Å². The summed E-state index contributed by atoms with van der Waals surface area (Å²) >= 11 is 0. The first-order chi connectivity index (χ1) is 8.08. The van der Waals surface area contributed by atoms with Crippen molar-refractivity contribution in [2.75, 3.05) is 5.32 Å². The fraction of sp³-hybridized carbons (Fsp3) is 0.455. The maximum atomic E-state index is 11.5. The number of hydrogen-bond acceptors (Lipinski definition) is 4. The van der Waals surface area contributed by atoms with Crippen LogP contribution in [-0.4, -0.2) is 37.5 Å². The van der Waals surface area contributed by atoms with Crippen molar-refractivity contribution in [2.45, 2.75) is 31.8 Å². The van der Waals surface area contributed by atoms with Crippen LogP contribution in [0, 0.1) is 0 Å². The molecule has 1 amide bonds. The van der Waals surface area contributed by atoms with Gasteiger partial charge < -0.3 is 9.84 Å². The molecule has 1 heterocycles. The summed E-state index contributed by atoms with van der Waals surface area (Å²) in [6.45, 7) is 5.23. The normalized spacial score (nSPS) is 12.0. The highest BCUT2D eigenvalue weighted by atomic mass is 16.6. The Morgan fingerprint density at radius 3 is 2.50 bits per heavy atom. The smallest absolute Gasteiger partial charge is 0.413 e. The van der Waals surface area contributed by atoms with E-state index in [9.17, 15) is 9.90 Å². The van der Waals surface area contributed by atoms with E-state index in [0.717, 1.165) is 0 Å². The summed E-state index contributed by atoms with van der Waals surface area (Å²) in [4.78, 5) is 15.4. The second-order valence-electron chi connectivity index (χ2n) is 4.86. The molecule has 0 spiro atoms. The van der Waals surface area contributed by atoms with Gasteiger partial charge in [0.05, 0.1) is 5.69 Å². The second kappa shape index (κ2) is 5.02. The Bertz CT molecular complexity index is 439. The van der Waals surface area contributed by atoms with Crippen LogP contribution in [-0.2, 0) is 10.1 Å². The molecule has 92 valence electrons. The molecule has 1 rings (SSSR count). The number of aliphatic hydroxyl groups is 1. The van der Waals surface area contributed by atoms with Gasteiger partial charge in [0.25, 0.3) is 0 Å². The molecule has 0 aliphatic heterocycles. The minimum Gasteiger partial charge on any atom is -0.444 e. The number of rotatable bonds is 2. The Kier molecular flexibility index (Phi) is 4.06. The number of aromatic nitrogens is 1. The van der Waals surface area contributed by atoms with E-state index in [-0.39, 0.29) is 11.5 Å². The summed E-state index contributed by atoms with van der Waals surface area (Å²) in [6, 6.07) is 4.53. The van der Waals surface area contributed by atoms with Crippen molar-refractivity contribution in [1.82, 2.24) is 4.98 Å². The van der Waals surface area contributed by atoms with Gasteiger partial charge in [-0.1, -0.05) is 6.07 Å². The summed E-state index contributed by atoms with van der Waals surface area (Å²) in [6.07, 6.45) is -0.648. The summed E-state index contributed by atoms with van der Waals surface area (Å²) < 4.78 is 5.05. The van der Waals surface area contributed by atoms with Gasteiger partial charge in [-0.2, -0.15) is 0 Å². The third-order valence-electron chi connectivity index (χ3n) is 1.79. The lowest BCUT2D eigenvalue weighted by Crippen LogP contribution is -2.29. The van der Waals surface area contributed by atoms with Crippen molar-refractivity contribution in [3.05, 3.63) is 23.9 Å². The molecule has 2 N–H and O–H groups in total. The quantitative estimate of drug-likeness (QED) is 0.757. The Labute approximate surface area is 109 Å². The van der Waals surface area contributed by atoms with E-state index in [1.54, 1.807) is 26.8 Å². The zero-order valence-corrected chi connectivity index (χ0v) is 10.6. The second-order valence-corrected chi connectivity index (χ2v) is 4.86. The number of amides is 1. The lowest BCUT2D eigenvalue weighted by atomic mass is 9.63. The Morgan fingerprint density at radius 1 is 1.39 bits per heavy atom. The molecule has 1 aromatic rings. The summed E-state index contributed by atoms with van der Waals surface area (Å²) in [7, 11) is 10.6. The van der Waals surface area contributed by atoms with Crippen LogP contribution < -0.4 is 5.32 Å². The number of ether oxygens (including phenoxy) is 1. The van der Waals surface area contributed by atoms with E-state index in [4.69, 9.17) is 20.4 Å². The van der Waals surface area contributed by atoms with Crippen LogP contribution in [0.15, 0.2) is 18.2 Å². The SMILES string of the molecule is [B]C([B])(O)c1cccc(NC(=O)OC(C)(C)C)n1. The average Bonchev–Trinajstić information content (AvgIpc) is 2.13.